The van der Waals surface area contributed by atoms with Crippen LogP contribution in [0.2, 0.25) is 0 Å². The number of hydrogen-bond donors (Lipinski definition) is 1. The average Bonchev–Trinajstić information content (AvgIpc) is 2.29. The van der Waals surface area contributed by atoms with Crippen molar-refractivity contribution in [3.05, 3.63) is 0 Å². The standard InChI is InChI=1S/C14H26N2O4S/c1-6-10-13(18)16(8-7-9-21(5,19)20)11(12(17)15-10)14(2,3)4/h10-11H,6-9H2,1-5H3,(H,15,17). The lowest BCUT2D eigenvalue weighted by Gasteiger charge is -2.44. The van der Waals surface area contributed by atoms with Crippen LogP contribution in [-0.2, 0) is 19.4 Å². The monoisotopic (exact) mass is 318 g/mol. The molecule has 6 nitrogen and oxygen atoms in total. The van der Waals surface area contributed by atoms with Crippen molar-refractivity contribution in [1.82, 2.24) is 10.2 Å². The van der Waals surface area contributed by atoms with E-state index in [9.17, 15) is 18.0 Å². The lowest BCUT2D eigenvalue weighted by Crippen LogP contribution is -2.66. The van der Waals surface area contributed by atoms with Crippen LogP contribution in [-0.4, -0.2) is 55.8 Å². The molecule has 1 saturated heterocycles. The molecule has 7 heteroatoms. The zero-order chi connectivity index (χ0) is 16.4. The third kappa shape index (κ3) is 4.69. The maximum Gasteiger partial charge on any atom is 0.245 e. The number of nitrogens with one attached hydrogen (secondary N) is 1. The fourth-order valence-electron chi connectivity index (χ4n) is 2.66. The number of hydrogen-bond acceptors (Lipinski definition) is 4. The summed E-state index contributed by atoms with van der Waals surface area (Å²) in [6.45, 7) is 7.84. The summed E-state index contributed by atoms with van der Waals surface area (Å²) in [5.74, 6) is -0.259. The van der Waals surface area contributed by atoms with Gasteiger partial charge in [0.2, 0.25) is 11.8 Å². The van der Waals surface area contributed by atoms with Gasteiger partial charge in [-0.1, -0.05) is 27.7 Å². The number of carbonyl (C=O) groups is 2. The van der Waals surface area contributed by atoms with Crippen LogP contribution in [0.1, 0.15) is 40.5 Å². The molecule has 0 aliphatic carbocycles. The molecule has 0 bridgehead atoms. The zero-order valence-corrected chi connectivity index (χ0v) is 14.3. The van der Waals surface area contributed by atoms with Gasteiger partial charge in [0, 0.05) is 12.8 Å². The minimum absolute atomic E-state index is 0.0199. The first-order valence-electron chi connectivity index (χ1n) is 7.26. The van der Waals surface area contributed by atoms with E-state index >= 15 is 0 Å². The summed E-state index contributed by atoms with van der Waals surface area (Å²) in [5, 5.41) is 2.76. The fourth-order valence-corrected chi connectivity index (χ4v) is 3.31. The van der Waals surface area contributed by atoms with E-state index in [0.29, 0.717) is 12.8 Å². The van der Waals surface area contributed by atoms with E-state index < -0.39 is 27.3 Å². The molecule has 21 heavy (non-hydrogen) atoms. The maximum atomic E-state index is 12.5. The lowest BCUT2D eigenvalue weighted by molar-refractivity contribution is -0.153. The van der Waals surface area contributed by atoms with Gasteiger partial charge in [0.05, 0.1) is 5.75 Å². The second-order valence-electron chi connectivity index (χ2n) is 6.75. The van der Waals surface area contributed by atoms with Crippen molar-refractivity contribution in [2.24, 2.45) is 5.41 Å². The summed E-state index contributed by atoms with van der Waals surface area (Å²) in [6.07, 6.45) is 2.05. The quantitative estimate of drug-likeness (QED) is 0.803. The van der Waals surface area contributed by atoms with Crippen LogP contribution in [0.25, 0.3) is 0 Å². The van der Waals surface area contributed by atoms with Gasteiger partial charge in [-0.25, -0.2) is 8.42 Å². The summed E-state index contributed by atoms with van der Waals surface area (Å²) in [5.41, 5.74) is -0.399. The highest BCUT2D eigenvalue weighted by molar-refractivity contribution is 7.90. The Morgan fingerprint density at radius 1 is 1.24 bits per heavy atom. The van der Waals surface area contributed by atoms with Gasteiger partial charge in [0.1, 0.15) is 21.9 Å². The summed E-state index contributed by atoms with van der Waals surface area (Å²) in [6, 6.07) is -1.07. The van der Waals surface area contributed by atoms with Crippen LogP contribution in [0.4, 0.5) is 0 Å². The Kier molecular flexibility index (Phi) is 5.41. The van der Waals surface area contributed by atoms with Crippen LogP contribution < -0.4 is 5.32 Å². The van der Waals surface area contributed by atoms with Crippen molar-refractivity contribution in [1.29, 1.82) is 0 Å². The van der Waals surface area contributed by atoms with E-state index in [-0.39, 0.29) is 24.1 Å². The van der Waals surface area contributed by atoms with Crippen LogP contribution in [0.15, 0.2) is 0 Å². The zero-order valence-electron chi connectivity index (χ0n) is 13.5. The van der Waals surface area contributed by atoms with Gasteiger partial charge in [0.15, 0.2) is 0 Å². The number of sulfone groups is 1. The molecule has 1 N–H and O–H groups in total. The summed E-state index contributed by atoms with van der Waals surface area (Å²) >= 11 is 0. The van der Waals surface area contributed by atoms with E-state index in [1.54, 1.807) is 4.90 Å². The number of piperazine rings is 1. The van der Waals surface area contributed by atoms with E-state index in [1.165, 1.54) is 6.26 Å². The van der Waals surface area contributed by atoms with Crippen molar-refractivity contribution in [2.75, 3.05) is 18.6 Å². The van der Waals surface area contributed by atoms with Crippen molar-refractivity contribution < 1.29 is 18.0 Å². The molecule has 1 aliphatic heterocycles. The third-order valence-electron chi connectivity index (χ3n) is 3.60. The molecule has 0 radical (unpaired) electrons. The smallest absolute Gasteiger partial charge is 0.245 e. The van der Waals surface area contributed by atoms with E-state index in [2.05, 4.69) is 5.32 Å². The van der Waals surface area contributed by atoms with Gasteiger partial charge in [-0.15, -0.1) is 0 Å². The number of carbonyl (C=O) groups excluding carboxylic acids is 2. The van der Waals surface area contributed by atoms with Crippen molar-refractivity contribution in [3.63, 3.8) is 0 Å². The van der Waals surface area contributed by atoms with Gasteiger partial charge in [-0.3, -0.25) is 9.59 Å². The molecule has 1 aliphatic rings. The molecule has 0 spiro atoms. The minimum Gasteiger partial charge on any atom is -0.342 e. The molecule has 1 heterocycles. The number of rotatable bonds is 5. The van der Waals surface area contributed by atoms with Gasteiger partial charge in [-0.05, 0) is 18.3 Å². The first-order valence-corrected chi connectivity index (χ1v) is 9.32. The fraction of sp³-hybridized carbons (Fsp3) is 0.857. The van der Waals surface area contributed by atoms with Crippen molar-refractivity contribution >= 4 is 21.7 Å². The molecule has 122 valence electrons. The van der Waals surface area contributed by atoms with Crippen LogP contribution >= 0.6 is 0 Å². The molecule has 2 atom stereocenters. The molecular weight excluding hydrogens is 292 g/mol. The average molecular weight is 318 g/mol. The molecule has 2 amide bonds. The first-order chi connectivity index (χ1) is 9.47. The first kappa shape index (κ1) is 17.9. The molecule has 2 unspecified atom stereocenters. The summed E-state index contributed by atoms with van der Waals surface area (Å²) < 4.78 is 22.5. The Morgan fingerprint density at radius 3 is 2.24 bits per heavy atom. The Bertz CT molecular complexity index is 508. The molecule has 1 rings (SSSR count). The van der Waals surface area contributed by atoms with E-state index in [0.717, 1.165) is 0 Å². The Morgan fingerprint density at radius 2 is 1.81 bits per heavy atom. The molecule has 1 fully saturated rings. The highest BCUT2D eigenvalue weighted by Crippen LogP contribution is 2.28. The van der Waals surface area contributed by atoms with Crippen LogP contribution in [0.5, 0.6) is 0 Å². The normalized spacial score (nSPS) is 24.1. The summed E-state index contributed by atoms with van der Waals surface area (Å²) in [7, 11) is -3.07. The van der Waals surface area contributed by atoms with Crippen molar-refractivity contribution in [3.8, 4) is 0 Å². The Balaban J connectivity index is 2.94. The van der Waals surface area contributed by atoms with Gasteiger partial charge in [-0.2, -0.15) is 0 Å². The molecular formula is C14H26N2O4S. The molecule has 0 aromatic heterocycles. The number of amides is 2. The second kappa shape index (κ2) is 6.34. The van der Waals surface area contributed by atoms with Gasteiger partial charge >= 0.3 is 0 Å². The Labute approximate surface area is 127 Å². The largest absolute Gasteiger partial charge is 0.342 e. The molecule has 0 aromatic carbocycles. The lowest BCUT2D eigenvalue weighted by atomic mass is 9.83. The van der Waals surface area contributed by atoms with Gasteiger partial charge in [0.25, 0.3) is 0 Å². The highest BCUT2D eigenvalue weighted by atomic mass is 32.2. The highest BCUT2D eigenvalue weighted by Gasteiger charge is 2.45. The number of nitrogens with zero attached hydrogens (tertiary/aromatic N) is 1. The maximum absolute atomic E-state index is 12.5. The van der Waals surface area contributed by atoms with Gasteiger partial charge < -0.3 is 10.2 Å². The third-order valence-corrected chi connectivity index (χ3v) is 4.63. The van der Waals surface area contributed by atoms with Crippen LogP contribution in [0.3, 0.4) is 0 Å². The Hall–Kier alpha value is -1.11. The SMILES string of the molecule is CCC1NC(=O)C(C(C)(C)C)N(CCCS(C)(=O)=O)C1=O. The second-order valence-corrected chi connectivity index (χ2v) is 9.01. The van der Waals surface area contributed by atoms with Crippen LogP contribution in [0, 0.1) is 5.41 Å². The van der Waals surface area contributed by atoms with E-state index in [4.69, 9.17) is 0 Å². The predicted octanol–water partition coefficient (Wildman–Crippen LogP) is 0.573. The molecule has 0 aromatic rings. The predicted molar refractivity (Wildman–Crippen MR) is 81.5 cm³/mol. The minimum atomic E-state index is -3.07. The van der Waals surface area contributed by atoms with E-state index in [1.807, 2.05) is 27.7 Å². The molecule has 0 saturated carbocycles. The van der Waals surface area contributed by atoms with Crippen molar-refractivity contribution in [2.45, 2.75) is 52.6 Å². The summed E-state index contributed by atoms with van der Waals surface area (Å²) in [4.78, 5) is 26.3. The topological polar surface area (TPSA) is 83.6 Å².